The summed E-state index contributed by atoms with van der Waals surface area (Å²) in [6.07, 6.45) is 6.65. The Balaban J connectivity index is 1.73. The molecule has 5 heteroatoms. The van der Waals surface area contributed by atoms with Crippen LogP contribution in [0.4, 0.5) is 0 Å². The van der Waals surface area contributed by atoms with Crippen LogP contribution in [0.3, 0.4) is 0 Å². The second kappa shape index (κ2) is 7.22. The van der Waals surface area contributed by atoms with Crippen LogP contribution in [0.25, 0.3) is 5.65 Å². The molecule has 21 heavy (non-hydrogen) atoms. The van der Waals surface area contributed by atoms with E-state index in [2.05, 4.69) is 17.2 Å². The molecule has 5 nitrogen and oxygen atoms in total. The van der Waals surface area contributed by atoms with Crippen molar-refractivity contribution in [3.05, 3.63) is 36.3 Å². The van der Waals surface area contributed by atoms with Gasteiger partial charge < -0.3 is 14.8 Å². The third kappa shape index (κ3) is 4.56. The Morgan fingerprint density at radius 2 is 2.19 bits per heavy atom. The lowest BCUT2D eigenvalue weighted by Crippen LogP contribution is -2.25. The van der Waals surface area contributed by atoms with E-state index in [-0.39, 0.29) is 5.92 Å². The highest BCUT2D eigenvalue weighted by Gasteiger charge is 2.11. The maximum Gasteiger partial charge on any atom is 0.306 e. The molecule has 0 aliphatic carbocycles. The van der Waals surface area contributed by atoms with Crippen LogP contribution < -0.4 is 5.32 Å². The van der Waals surface area contributed by atoms with Gasteiger partial charge in [-0.05, 0) is 31.9 Å². The van der Waals surface area contributed by atoms with E-state index in [0.717, 1.165) is 37.1 Å². The third-order valence-corrected chi connectivity index (χ3v) is 3.74. The van der Waals surface area contributed by atoms with Gasteiger partial charge in [0.25, 0.3) is 0 Å². The minimum Gasteiger partial charge on any atom is -0.481 e. The molecule has 2 unspecified atom stereocenters. The van der Waals surface area contributed by atoms with E-state index in [1.165, 1.54) is 0 Å². The molecule has 0 saturated heterocycles. The van der Waals surface area contributed by atoms with Crippen molar-refractivity contribution in [3.63, 3.8) is 0 Å². The van der Waals surface area contributed by atoms with Crippen molar-refractivity contribution < 1.29 is 9.90 Å². The Kier molecular flexibility index (Phi) is 5.33. The molecule has 2 rings (SSSR count). The highest BCUT2D eigenvalue weighted by Crippen LogP contribution is 2.10. The van der Waals surface area contributed by atoms with Crippen molar-refractivity contribution in [1.82, 2.24) is 14.7 Å². The predicted molar refractivity (Wildman–Crippen MR) is 82.1 cm³/mol. The van der Waals surface area contributed by atoms with Gasteiger partial charge in [0.1, 0.15) is 5.65 Å². The Bertz CT molecular complexity index is 561. The van der Waals surface area contributed by atoms with Gasteiger partial charge in [-0.25, -0.2) is 4.98 Å². The van der Waals surface area contributed by atoms with Crippen LogP contribution in [0.1, 0.15) is 38.8 Å². The molecule has 2 aromatic rings. The standard InChI is InChI=1S/C16H23N3O2/c1-12(16(20)21)6-5-7-13(2)17-10-14-11-19-9-4-3-8-15(19)18-14/h3-4,8-9,11-13,17H,5-7,10H2,1-2H3,(H,20,21). The third-order valence-electron chi connectivity index (χ3n) is 3.74. The van der Waals surface area contributed by atoms with Crippen molar-refractivity contribution >= 4 is 11.6 Å². The molecule has 2 heterocycles. The molecule has 0 bridgehead atoms. The maximum atomic E-state index is 10.7. The lowest BCUT2D eigenvalue weighted by Gasteiger charge is -2.13. The minimum atomic E-state index is -0.708. The number of fused-ring (bicyclic) bond motifs is 1. The quantitative estimate of drug-likeness (QED) is 0.784. The van der Waals surface area contributed by atoms with Crippen molar-refractivity contribution in [2.75, 3.05) is 0 Å². The average Bonchev–Trinajstić information content (AvgIpc) is 2.87. The molecule has 0 aromatic carbocycles. The van der Waals surface area contributed by atoms with Gasteiger partial charge in [-0.3, -0.25) is 4.79 Å². The Hall–Kier alpha value is -1.88. The van der Waals surface area contributed by atoms with Gasteiger partial charge in [0.15, 0.2) is 0 Å². The lowest BCUT2D eigenvalue weighted by molar-refractivity contribution is -0.141. The maximum absolute atomic E-state index is 10.7. The number of hydrogen-bond donors (Lipinski definition) is 2. The summed E-state index contributed by atoms with van der Waals surface area (Å²) in [5.41, 5.74) is 1.98. The zero-order chi connectivity index (χ0) is 15.2. The molecule has 0 aliphatic rings. The van der Waals surface area contributed by atoms with E-state index < -0.39 is 5.97 Å². The first-order valence-electron chi connectivity index (χ1n) is 7.45. The minimum absolute atomic E-state index is 0.254. The summed E-state index contributed by atoms with van der Waals surface area (Å²) in [6.45, 7) is 4.62. The van der Waals surface area contributed by atoms with Crippen molar-refractivity contribution in [2.24, 2.45) is 5.92 Å². The fraction of sp³-hybridized carbons (Fsp3) is 0.500. The van der Waals surface area contributed by atoms with E-state index >= 15 is 0 Å². The molecule has 0 saturated carbocycles. The first-order chi connectivity index (χ1) is 10.1. The number of nitrogens with zero attached hydrogens (tertiary/aromatic N) is 2. The van der Waals surface area contributed by atoms with Crippen molar-refractivity contribution in [3.8, 4) is 0 Å². The topological polar surface area (TPSA) is 66.6 Å². The number of carboxylic acid groups (broad SMARTS) is 1. The normalized spacial score (nSPS) is 14.2. The second-order valence-electron chi connectivity index (χ2n) is 5.65. The molecule has 0 spiro atoms. The van der Waals surface area contributed by atoms with Gasteiger partial charge in [-0.1, -0.05) is 19.4 Å². The number of carboxylic acids is 1. The Morgan fingerprint density at radius 1 is 1.38 bits per heavy atom. The summed E-state index contributed by atoms with van der Waals surface area (Å²) in [7, 11) is 0. The van der Waals surface area contributed by atoms with Gasteiger partial charge in [-0.15, -0.1) is 0 Å². The van der Waals surface area contributed by atoms with Crippen LogP contribution in [-0.4, -0.2) is 26.5 Å². The zero-order valence-corrected chi connectivity index (χ0v) is 12.6. The number of nitrogens with one attached hydrogen (secondary N) is 1. The number of aliphatic carboxylic acids is 1. The largest absolute Gasteiger partial charge is 0.481 e. The summed E-state index contributed by atoms with van der Waals surface area (Å²) >= 11 is 0. The van der Waals surface area contributed by atoms with Crippen LogP contribution in [0.15, 0.2) is 30.6 Å². The number of carbonyl (C=O) groups is 1. The van der Waals surface area contributed by atoms with E-state index in [0.29, 0.717) is 6.04 Å². The van der Waals surface area contributed by atoms with E-state index in [1.807, 2.05) is 35.0 Å². The van der Waals surface area contributed by atoms with Crippen LogP contribution in [0, 0.1) is 5.92 Å². The van der Waals surface area contributed by atoms with Crippen molar-refractivity contribution in [2.45, 2.75) is 45.7 Å². The highest BCUT2D eigenvalue weighted by atomic mass is 16.4. The number of hydrogen-bond acceptors (Lipinski definition) is 3. The van der Waals surface area contributed by atoms with Crippen LogP contribution >= 0.6 is 0 Å². The summed E-state index contributed by atoms with van der Waals surface area (Å²) in [4.78, 5) is 15.3. The molecule has 2 aromatic heterocycles. The fourth-order valence-corrected chi connectivity index (χ4v) is 2.31. The summed E-state index contributed by atoms with van der Waals surface area (Å²) in [5.74, 6) is -0.962. The van der Waals surface area contributed by atoms with E-state index in [1.54, 1.807) is 6.92 Å². The van der Waals surface area contributed by atoms with Gasteiger partial charge in [0.2, 0.25) is 0 Å². The van der Waals surface area contributed by atoms with Gasteiger partial charge >= 0.3 is 5.97 Å². The molecule has 2 N–H and O–H groups in total. The van der Waals surface area contributed by atoms with E-state index in [4.69, 9.17) is 5.11 Å². The summed E-state index contributed by atoms with van der Waals surface area (Å²) in [5, 5.41) is 12.3. The lowest BCUT2D eigenvalue weighted by atomic mass is 10.0. The number of imidazole rings is 1. The first kappa shape index (κ1) is 15.5. The summed E-state index contributed by atoms with van der Waals surface area (Å²) < 4.78 is 2.01. The molecule has 0 fully saturated rings. The predicted octanol–water partition coefficient (Wildman–Crippen LogP) is 2.70. The van der Waals surface area contributed by atoms with Crippen LogP contribution in [-0.2, 0) is 11.3 Å². The fourth-order valence-electron chi connectivity index (χ4n) is 2.31. The number of aromatic nitrogens is 2. The molecular formula is C16H23N3O2. The molecule has 0 amide bonds. The molecular weight excluding hydrogens is 266 g/mol. The molecule has 0 aliphatic heterocycles. The molecule has 114 valence electrons. The Morgan fingerprint density at radius 3 is 2.90 bits per heavy atom. The highest BCUT2D eigenvalue weighted by molar-refractivity contribution is 5.69. The number of rotatable bonds is 8. The molecule has 0 radical (unpaired) electrons. The van der Waals surface area contributed by atoms with Gasteiger partial charge in [0, 0.05) is 25.0 Å². The zero-order valence-electron chi connectivity index (χ0n) is 12.6. The first-order valence-corrected chi connectivity index (χ1v) is 7.45. The van der Waals surface area contributed by atoms with E-state index in [9.17, 15) is 4.79 Å². The molecule has 2 atom stereocenters. The van der Waals surface area contributed by atoms with Crippen LogP contribution in [0.2, 0.25) is 0 Å². The smallest absolute Gasteiger partial charge is 0.306 e. The number of pyridine rings is 1. The monoisotopic (exact) mass is 289 g/mol. The van der Waals surface area contributed by atoms with Crippen LogP contribution in [0.5, 0.6) is 0 Å². The second-order valence-corrected chi connectivity index (χ2v) is 5.65. The SMILES string of the molecule is CC(CCCC(C)C(=O)O)NCc1cn2ccccc2n1. The average molecular weight is 289 g/mol. The van der Waals surface area contributed by atoms with Gasteiger partial charge in [0.05, 0.1) is 11.6 Å². The van der Waals surface area contributed by atoms with Crippen molar-refractivity contribution in [1.29, 1.82) is 0 Å². The Labute approximate surface area is 125 Å². The van der Waals surface area contributed by atoms with Gasteiger partial charge in [-0.2, -0.15) is 0 Å². The summed E-state index contributed by atoms with van der Waals surface area (Å²) in [6, 6.07) is 6.31.